The van der Waals surface area contributed by atoms with Gasteiger partial charge in [0, 0.05) is 0 Å². The molecule has 1 aromatic rings. The average Bonchev–Trinajstić information content (AvgIpc) is 2.84. The molecule has 2 aliphatic heterocycles. The fourth-order valence-corrected chi connectivity index (χ4v) is 4.20. The smallest absolute Gasteiger partial charge is 0.164 e. The highest BCUT2D eigenvalue weighted by Gasteiger charge is 2.54. The average molecular weight is 338 g/mol. The van der Waals surface area contributed by atoms with Crippen molar-refractivity contribution in [2.24, 2.45) is 0 Å². The number of thioether (sulfide) groups is 1. The summed E-state index contributed by atoms with van der Waals surface area (Å²) in [6.07, 6.45) is -0.313. The molecule has 2 fully saturated rings. The van der Waals surface area contributed by atoms with Crippen molar-refractivity contribution < 1.29 is 18.9 Å². The van der Waals surface area contributed by atoms with Crippen LogP contribution in [0.15, 0.2) is 30.3 Å². The van der Waals surface area contributed by atoms with Gasteiger partial charge in [0.25, 0.3) is 0 Å². The molecule has 1 aromatic carbocycles. The Morgan fingerprint density at radius 2 is 1.83 bits per heavy atom. The van der Waals surface area contributed by atoms with Crippen molar-refractivity contribution in [3.8, 4) is 0 Å². The second kappa shape index (κ2) is 7.11. The molecule has 2 saturated heterocycles. The highest BCUT2D eigenvalue weighted by molar-refractivity contribution is 7.99. The lowest BCUT2D eigenvalue weighted by molar-refractivity contribution is -0.175. The lowest BCUT2D eigenvalue weighted by atomic mass is 10.0. The van der Waals surface area contributed by atoms with Crippen molar-refractivity contribution in [2.45, 2.75) is 69.9 Å². The van der Waals surface area contributed by atoms with Gasteiger partial charge in [-0.05, 0) is 32.1 Å². The number of fused-ring (bicyclic) bond motifs is 1. The van der Waals surface area contributed by atoms with Crippen LogP contribution in [0.3, 0.4) is 0 Å². The lowest BCUT2D eigenvalue weighted by Crippen LogP contribution is -2.55. The summed E-state index contributed by atoms with van der Waals surface area (Å²) in [5.41, 5.74) is 1.12. The second-order valence-electron chi connectivity index (χ2n) is 6.49. The predicted molar refractivity (Wildman–Crippen MR) is 91.3 cm³/mol. The van der Waals surface area contributed by atoms with E-state index in [0.29, 0.717) is 6.61 Å². The van der Waals surface area contributed by atoms with Gasteiger partial charge in [0.05, 0.1) is 12.7 Å². The van der Waals surface area contributed by atoms with Crippen LogP contribution in [0.1, 0.15) is 33.3 Å². The molecule has 0 radical (unpaired) electrons. The molecule has 0 aromatic heterocycles. The molecule has 0 bridgehead atoms. The maximum absolute atomic E-state index is 6.24. The van der Waals surface area contributed by atoms with E-state index < -0.39 is 5.79 Å². The van der Waals surface area contributed by atoms with Crippen LogP contribution in [0.25, 0.3) is 0 Å². The lowest BCUT2D eigenvalue weighted by Gasteiger charge is -2.40. The first kappa shape index (κ1) is 17.2. The highest BCUT2D eigenvalue weighted by atomic mass is 32.2. The summed E-state index contributed by atoms with van der Waals surface area (Å²) in [5, 5.41) is 0. The third-order valence-electron chi connectivity index (χ3n) is 4.18. The summed E-state index contributed by atoms with van der Waals surface area (Å²) in [4.78, 5) is 0. The minimum absolute atomic E-state index is 0.00222. The Labute approximate surface area is 142 Å². The summed E-state index contributed by atoms with van der Waals surface area (Å²) in [5.74, 6) is 0.386. The van der Waals surface area contributed by atoms with Crippen LogP contribution in [-0.2, 0) is 25.6 Å². The molecule has 0 N–H and O–H groups in total. The molecule has 0 amide bonds. The molecule has 5 atom stereocenters. The van der Waals surface area contributed by atoms with E-state index in [1.165, 1.54) is 0 Å². The zero-order valence-corrected chi connectivity index (χ0v) is 15.0. The van der Waals surface area contributed by atoms with Gasteiger partial charge in [-0.3, -0.25) is 0 Å². The van der Waals surface area contributed by atoms with Crippen LogP contribution in [0.5, 0.6) is 0 Å². The maximum Gasteiger partial charge on any atom is 0.164 e. The van der Waals surface area contributed by atoms with Crippen molar-refractivity contribution in [1.82, 2.24) is 0 Å². The Hall–Kier alpha value is -0.590. The Kier molecular flexibility index (Phi) is 5.33. The van der Waals surface area contributed by atoms with Crippen molar-refractivity contribution in [1.29, 1.82) is 0 Å². The standard InChI is InChI=1S/C18H26O4S/c1-5-23-17-16(19-11-13-9-7-6-8-10-13)15-14(12(2)20-17)21-18(3,4)22-15/h6-10,12,14-17H,5,11H2,1-4H3/t12-,14+,15+,16-,17+/m0/s1. The summed E-state index contributed by atoms with van der Waals surface area (Å²) < 4.78 is 24.6. The van der Waals surface area contributed by atoms with Gasteiger partial charge in [0.2, 0.25) is 0 Å². The molecule has 2 aliphatic rings. The number of hydrogen-bond donors (Lipinski definition) is 0. The van der Waals surface area contributed by atoms with E-state index in [2.05, 4.69) is 26.0 Å². The Morgan fingerprint density at radius 1 is 1.13 bits per heavy atom. The van der Waals surface area contributed by atoms with Crippen LogP contribution in [0.2, 0.25) is 0 Å². The van der Waals surface area contributed by atoms with Gasteiger partial charge in [-0.15, -0.1) is 11.8 Å². The zero-order valence-electron chi connectivity index (χ0n) is 14.2. The van der Waals surface area contributed by atoms with Crippen molar-refractivity contribution >= 4 is 11.8 Å². The third-order valence-corrected chi connectivity index (χ3v) is 5.22. The Morgan fingerprint density at radius 3 is 2.52 bits per heavy atom. The SMILES string of the molecule is CCS[C@H]1O[C@@H](C)[C@H]2OC(C)(C)O[C@H]2[C@@H]1OCc1ccccc1. The maximum atomic E-state index is 6.24. The third kappa shape index (κ3) is 3.91. The van der Waals surface area contributed by atoms with Gasteiger partial charge in [0.15, 0.2) is 5.79 Å². The van der Waals surface area contributed by atoms with E-state index in [1.807, 2.05) is 32.0 Å². The molecule has 0 aliphatic carbocycles. The van der Waals surface area contributed by atoms with Crippen LogP contribution in [0, 0.1) is 0 Å². The fourth-order valence-electron chi connectivity index (χ4n) is 3.19. The van der Waals surface area contributed by atoms with Crippen molar-refractivity contribution in [2.75, 3.05) is 5.75 Å². The normalized spacial score (nSPS) is 35.9. The van der Waals surface area contributed by atoms with Gasteiger partial charge in [-0.25, -0.2) is 0 Å². The van der Waals surface area contributed by atoms with E-state index >= 15 is 0 Å². The van der Waals surface area contributed by atoms with E-state index in [1.54, 1.807) is 11.8 Å². The minimum atomic E-state index is -0.590. The monoisotopic (exact) mass is 338 g/mol. The molecule has 4 nitrogen and oxygen atoms in total. The Bertz CT molecular complexity index is 507. The summed E-state index contributed by atoms with van der Waals surface area (Å²) in [6, 6.07) is 10.2. The molecule has 0 spiro atoms. The topological polar surface area (TPSA) is 36.9 Å². The van der Waals surface area contributed by atoms with Crippen LogP contribution < -0.4 is 0 Å². The number of benzene rings is 1. The van der Waals surface area contributed by atoms with Gasteiger partial charge in [0.1, 0.15) is 23.7 Å². The molecular weight excluding hydrogens is 312 g/mol. The van der Waals surface area contributed by atoms with Gasteiger partial charge < -0.3 is 18.9 Å². The van der Waals surface area contributed by atoms with E-state index in [4.69, 9.17) is 18.9 Å². The molecule has 128 valence electrons. The van der Waals surface area contributed by atoms with Gasteiger partial charge >= 0.3 is 0 Å². The zero-order chi connectivity index (χ0) is 16.4. The first-order valence-electron chi connectivity index (χ1n) is 8.28. The molecule has 23 heavy (non-hydrogen) atoms. The van der Waals surface area contributed by atoms with Gasteiger partial charge in [-0.1, -0.05) is 37.3 Å². The summed E-state index contributed by atoms with van der Waals surface area (Å²) in [7, 11) is 0. The number of ether oxygens (including phenoxy) is 4. The van der Waals surface area contributed by atoms with Crippen molar-refractivity contribution in [3.63, 3.8) is 0 Å². The molecule has 0 saturated carbocycles. The molecule has 2 heterocycles. The quantitative estimate of drug-likeness (QED) is 0.820. The molecular formula is C18H26O4S. The van der Waals surface area contributed by atoms with Crippen molar-refractivity contribution in [3.05, 3.63) is 35.9 Å². The summed E-state index contributed by atoms with van der Waals surface area (Å²) in [6.45, 7) is 8.65. The number of hydrogen-bond acceptors (Lipinski definition) is 5. The van der Waals surface area contributed by atoms with Crippen LogP contribution in [-0.4, -0.2) is 41.4 Å². The summed E-state index contributed by atoms with van der Waals surface area (Å²) >= 11 is 1.77. The van der Waals surface area contributed by atoms with E-state index in [0.717, 1.165) is 11.3 Å². The molecule has 3 rings (SSSR count). The Balaban J connectivity index is 1.75. The largest absolute Gasteiger partial charge is 0.367 e. The first-order chi connectivity index (χ1) is 11.0. The minimum Gasteiger partial charge on any atom is -0.367 e. The van der Waals surface area contributed by atoms with E-state index in [-0.39, 0.29) is 29.9 Å². The van der Waals surface area contributed by atoms with Gasteiger partial charge in [-0.2, -0.15) is 0 Å². The van der Waals surface area contributed by atoms with Crippen LogP contribution in [0.4, 0.5) is 0 Å². The van der Waals surface area contributed by atoms with E-state index in [9.17, 15) is 0 Å². The number of rotatable bonds is 5. The molecule has 0 unspecified atom stereocenters. The first-order valence-corrected chi connectivity index (χ1v) is 9.33. The predicted octanol–water partition coefficient (Wildman–Crippen LogP) is 3.59. The second-order valence-corrected chi connectivity index (χ2v) is 7.87. The fraction of sp³-hybridized carbons (Fsp3) is 0.667. The molecule has 5 heteroatoms. The van der Waals surface area contributed by atoms with Crippen LogP contribution >= 0.6 is 11.8 Å². The highest BCUT2D eigenvalue weighted by Crippen LogP contribution is 2.41.